The van der Waals surface area contributed by atoms with Gasteiger partial charge >= 0.3 is 0 Å². The number of allylic oxidation sites excluding steroid dienone is 1. The minimum absolute atomic E-state index is 0.593. The first-order chi connectivity index (χ1) is 7.72. The highest BCUT2D eigenvalue weighted by atomic mass is 16.5. The smallest absolute Gasteiger partial charge is 0.217 e. The Balaban J connectivity index is 2.59. The lowest BCUT2D eigenvalue weighted by Crippen LogP contribution is -2.04. The number of hydrogen-bond acceptors (Lipinski definition) is 1. The molecule has 0 aliphatic carbocycles. The van der Waals surface area contributed by atoms with Gasteiger partial charge in [0.1, 0.15) is 0 Å². The zero-order valence-corrected chi connectivity index (χ0v) is 9.18. The average Bonchev–Trinajstić information content (AvgIpc) is 2.36. The van der Waals surface area contributed by atoms with E-state index in [2.05, 4.69) is 6.58 Å². The molecule has 2 nitrogen and oxygen atoms in total. The third-order valence-electron chi connectivity index (χ3n) is 2.58. The summed E-state index contributed by atoms with van der Waals surface area (Å²) in [5, 5.41) is 14.0. The monoisotopic (exact) mass is 211 g/mol. The Morgan fingerprint density at radius 1 is 1.19 bits per heavy atom. The van der Waals surface area contributed by atoms with E-state index in [4.69, 9.17) is 0 Å². The number of benzene rings is 2. The lowest BCUT2D eigenvalue weighted by atomic mass is 10.1. The van der Waals surface area contributed by atoms with Gasteiger partial charge in [0.15, 0.2) is 5.71 Å². The van der Waals surface area contributed by atoms with Gasteiger partial charge in [0.25, 0.3) is 0 Å². The summed E-state index contributed by atoms with van der Waals surface area (Å²) in [6, 6.07) is 13.6. The molecule has 0 heterocycles. The van der Waals surface area contributed by atoms with Crippen LogP contribution in [-0.4, -0.2) is 10.5 Å². The summed E-state index contributed by atoms with van der Waals surface area (Å²) in [4.78, 5) is 0. The van der Waals surface area contributed by atoms with Crippen LogP contribution in [0.15, 0.2) is 55.1 Å². The highest BCUT2D eigenvalue weighted by molar-refractivity contribution is 5.89. The molecule has 0 atom stereocenters. The predicted molar refractivity (Wildman–Crippen MR) is 68.1 cm³/mol. The lowest BCUT2D eigenvalue weighted by Gasteiger charge is -2.06. The molecule has 0 saturated carbocycles. The minimum Gasteiger partial charge on any atom is -0.618 e. The molecular formula is C14H13NO. The molecule has 0 fully saturated rings. The van der Waals surface area contributed by atoms with Crippen LogP contribution >= 0.6 is 0 Å². The fourth-order valence-electron chi connectivity index (χ4n) is 1.59. The van der Waals surface area contributed by atoms with Crippen LogP contribution in [0.1, 0.15) is 6.92 Å². The summed E-state index contributed by atoms with van der Waals surface area (Å²) >= 11 is 0. The average molecular weight is 211 g/mol. The molecule has 16 heavy (non-hydrogen) atoms. The van der Waals surface area contributed by atoms with Gasteiger partial charge in [0, 0.05) is 19.1 Å². The van der Waals surface area contributed by atoms with Crippen LogP contribution in [0.2, 0.25) is 0 Å². The zero-order valence-electron chi connectivity index (χ0n) is 9.18. The van der Waals surface area contributed by atoms with Gasteiger partial charge in [-0.05, 0) is 22.9 Å². The third-order valence-corrected chi connectivity index (χ3v) is 2.58. The maximum Gasteiger partial charge on any atom is 0.217 e. The van der Waals surface area contributed by atoms with Crippen molar-refractivity contribution in [3.8, 4) is 0 Å². The van der Waals surface area contributed by atoms with Crippen molar-refractivity contribution in [2.45, 2.75) is 6.92 Å². The van der Waals surface area contributed by atoms with Gasteiger partial charge in [-0.25, -0.2) is 0 Å². The van der Waals surface area contributed by atoms with E-state index in [1.165, 1.54) is 0 Å². The Kier molecular flexibility index (Phi) is 2.73. The molecule has 0 spiro atoms. The second-order valence-corrected chi connectivity index (χ2v) is 3.67. The number of nitrogens with zero attached hydrogens (tertiary/aromatic N) is 1. The molecule has 0 aliphatic heterocycles. The Morgan fingerprint density at radius 3 is 2.56 bits per heavy atom. The van der Waals surface area contributed by atoms with Crippen LogP contribution in [0.5, 0.6) is 0 Å². The molecule has 0 unspecified atom stereocenters. The normalized spacial score (nSPS) is 12.3. The van der Waals surface area contributed by atoms with Gasteiger partial charge in [-0.3, -0.25) is 0 Å². The molecule has 0 bridgehead atoms. The van der Waals surface area contributed by atoms with Gasteiger partial charge in [0.2, 0.25) is 5.69 Å². The number of hydrogen-bond donors (Lipinski definition) is 0. The van der Waals surface area contributed by atoms with Crippen LogP contribution in [0.25, 0.3) is 10.8 Å². The van der Waals surface area contributed by atoms with Crippen molar-refractivity contribution in [1.82, 2.24) is 0 Å². The fourth-order valence-corrected chi connectivity index (χ4v) is 1.59. The summed E-state index contributed by atoms with van der Waals surface area (Å²) in [7, 11) is 0. The molecule has 80 valence electrons. The Labute approximate surface area is 94.7 Å². The fraction of sp³-hybridized carbons (Fsp3) is 0.0714. The highest BCUT2D eigenvalue weighted by Gasteiger charge is 2.04. The SMILES string of the molecule is C=C/C(C)=[N+](/[O-])c1ccc2ccccc2c1. The summed E-state index contributed by atoms with van der Waals surface area (Å²) < 4.78 is 0.888. The van der Waals surface area contributed by atoms with E-state index >= 15 is 0 Å². The van der Waals surface area contributed by atoms with E-state index in [0.29, 0.717) is 11.4 Å². The maximum atomic E-state index is 11.8. The topological polar surface area (TPSA) is 26.1 Å². The molecule has 2 heteroatoms. The zero-order chi connectivity index (χ0) is 11.5. The Morgan fingerprint density at radius 2 is 1.88 bits per heavy atom. The first-order valence-corrected chi connectivity index (χ1v) is 5.14. The van der Waals surface area contributed by atoms with E-state index in [-0.39, 0.29) is 0 Å². The molecular weight excluding hydrogens is 198 g/mol. The standard InChI is InChI=1S/C14H13NO/c1-3-11(2)15(16)14-9-8-12-6-4-5-7-13(12)10-14/h3-10H,1H2,2H3/b15-11+. The van der Waals surface area contributed by atoms with Crippen LogP contribution < -0.4 is 0 Å². The van der Waals surface area contributed by atoms with Crippen molar-refractivity contribution in [1.29, 1.82) is 0 Å². The molecule has 0 aromatic heterocycles. The minimum atomic E-state index is 0.593. The number of rotatable bonds is 2. The summed E-state index contributed by atoms with van der Waals surface area (Å²) in [5.74, 6) is 0. The molecule has 0 aliphatic rings. The van der Waals surface area contributed by atoms with E-state index in [1.54, 1.807) is 13.0 Å². The van der Waals surface area contributed by atoms with Gasteiger partial charge in [-0.15, -0.1) is 0 Å². The molecule has 0 amide bonds. The largest absolute Gasteiger partial charge is 0.618 e. The lowest BCUT2D eigenvalue weighted by molar-refractivity contribution is -0.360. The Bertz CT molecular complexity index is 570. The maximum absolute atomic E-state index is 11.8. The van der Waals surface area contributed by atoms with E-state index in [1.807, 2.05) is 42.5 Å². The van der Waals surface area contributed by atoms with Gasteiger partial charge < -0.3 is 5.21 Å². The molecule has 2 aromatic rings. The van der Waals surface area contributed by atoms with Crippen molar-refractivity contribution in [3.63, 3.8) is 0 Å². The number of fused-ring (bicyclic) bond motifs is 1. The molecule has 0 N–H and O–H groups in total. The predicted octanol–water partition coefficient (Wildman–Crippen LogP) is 3.63. The van der Waals surface area contributed by atoms with Gasteiger partial charge in [-0.2, -0.15) is 4.74 Å². The van der Waals surface area contributed by atoms with E-state index < -0.39 is 0 Å². The first-order valence-electron chi connectivity index (χ1n) is 5.14. The van der Waals surface area contributed by atoms with Crippen molar-refractivity contribution in [3.05, 3.63) is 60.3 Å². The van der Waals surface area contributed by atoms with Gasteiger partial charge in [-0.1, -0.05) is 30.8 Å². The third kappa shape index (κ3) is 1.82. The second kappa shape index (κ2) is 4.19. The van der Waals surface area contributed by atoms with Gasteiger partial charge in [0.05, 0.1) is 0 Å². The molecule has 0 saturated heterocycles. The summed E-state index contributed by atoms with van der Waals surface area (Å²) in [5.41, 5.74) is 1.23. The van der Waals surface area contributed by atoms with Crippen molar-refractivity contribution >= 4 is 22.2 Å². The van der Waals surface area contributed by atoms with E-state index in [9.17, 15) is 5.21 Å². The highest BCUT2D eigenvalue weighted by Crippen LogP contribution is 2.20. The van der Waals surface area contributed by atoms with Crippen molar-refractivity contribution in [2.75, 3.05) is 0 Å². The van der Waals surface area contributed by atoms with Crippen LogP contribution in [0.3, 0.4) is 0 Å². The van der Waals surface area contributed by atoms with Crippen molar-refractivity contribution < 1.29 is 4.74 Å². The molecule has 2 rings (SSSR count). The molecule has 2 aromatic carbocycles. The van der Waals surface area contributed by atoms with Crippen LogP contribution in [-0.2, 0) is 0 Å². The molecule has 0 radical (unpaired) electrons. The summed E-state index contributed by atoms with van der Waals surface area (Å²) in [6.07, 6.45) is 1.56. The Hall–Kier alpha value is -2.09. The second-order valence-electron chi connectivity index (χ2n) is 3.67. The first kappa shape index (κ1) is 10.4. The quantitative estimate of drug-likeness (QED) is 0.322. The van der Waals surface area contributed by atoms with E-state index in [0.717, 1.165) is 15.5 Å². The van der Waals surface area contributed by atoms with Crippen molar-refractivity contribution in [2.24, 2.45) is 0 Å². The van der Waals surface area contributed by atoms with Crippen LogP contribution in [0.4, 0.5) is 5.69 Å². The summed E-state index contributed by atoms with van der Waals surface area (Å²) in [6.45, 7) is 5.34. The van der Waals surface area contributed by atoms with Crippen LogP contribution in [0, 0.1) is 5.21 Å².